The molecule has 0 saturated heterocycles. The zero-order valence-corrected chi connectivity index (χ0v) is 18.0. The third kappa shape index (κ3) is 4.71. The molecule has 0 atom stereocenters. The van der Waals surface area contributed by atoms with Crippen molar-refractivity contribution >= 4 is 44.4 Å². The third-order valence-electron chi connectivity index (χ3n) is 4.84. The van der Waals surface area contributed by atoms with Gasteiger partial charge in [0.1, 0.15) is 5.82 Å². The molecule has 0 saturated carbocycles. The minimum Gasteiger partial charge on any atom is -0.334 e. The van der Waals surface area contributed by atoms with E-state index in [-0.39, 0.29) is 11.7 Å². The number of hydrogen-bond donors (Lipinski definition) is 1. The highest BCUT2D eigenvalue weighted by Gasteiger charge is 2.23. The highest BCUT2D eigenvalue weighted by atomic mass is 32.2. The Balaban J connectivity index is 1.93. The molecular weight excluding hydrogens is 393 g/mol. The molecule has 0 unspecified atom stereocenters. The SMILES string of the molecule is CC[NH+](CC)CCN(C(=O)c1ccc(SC)cc1)c1nc2ccc(F)cc2s1. The van der Waals surface area contributed by atoms with E-state index < -0.39 is 0 Å². The molecule has 1 heterocycles. The van der Waals surface area contributed by atoms with Crippen LogP contribution in [-0.4, -0.2) is 43.3 Å². The van der Waals surface area contributed by atoms with Crippen molar-refractivity contribution in [3.8, 4) is 0 Å². The molecule has 0 aliphatic heterocycles. The van der Waals surface area contributed by atoms with Gasteiger partial charge in [-0.2, -0.15) is 0 Å². The number of fused-ring (bicyclic) bond motifs is 1. The summed E-state index contributed by atoms with van der Waals surface area (Å²) in [5.74, 6) is -0.362. The first-order valence-corrected chi connectivity index (χ1v) is 11.4. The first kappa shape index (κ1) is 20.8. The van der Waals surface area contributed by atoms with Crippen LogP contribution in [0.25, 0.3) is 10.2 Å². The van der Waals surface area contributed by atoms with E-state index in [0.717, 1.165) is 29.2 Å². The van der Waals surface area contributed by atoms with Crippen molar-refractivity contribution in [3.05, 3.63) is 53.8 Å². The molecule has 1 aromatic heterocycles. The van der Waals surface area contributed by atoms with Crippen molar-refractivity contribution in [2.45, 2.75) is 18.7 Å². The van der Waals surface area contributed by atoms with Crippen molar-refractivity contribution in [3.63, 3.8) is 0 Å². The van der Waals surface area contributed by atoms with Gasteiger partial charge in [-0.25, -0.2) is 9.37 Å². The van der Waals surface area contributed by atoms with Gasteiger partial charge in [0.25, 0.3) is 5.91 Å². The standard InChI is InChI=1S/C21H24FN3OS2/c1-4-24(5-2)12-13-25(20(26)15-6-9-17(27-3)10-7-15)21-23-18-11-8-16(22)14-19(18)28-21/h6-11,14H,4-5,12-13H2,1-3H3/p+1. The van der Waals surface area contributed by atoms with Crippen LogP contribution in [0.4, 0.5) is 9.52 Å². The van der Waals surface area contributed by atoms with E-state index >= 15 is 0 Å². The molecule has 1 amide bonds. The molecule has 0 aliphatic carbocycles. The van der Waals surface area contributed by atoms with Gasteiger partial charge in [-0.05, 0) is 62.6 Å². The molecule has 7 heteroatoms. The number of aromatic nitrogens is 1. The minimum atomic E-state index is -0.291. The monoisotopic (exact) mass is 418 g/mol. The van der Waals surface area contributed by atoms with Crippen LogP contribution < -0.4 is 9.80 Å². The molecule has 3 aromatic rings. The molecule has 0 aliphatic rings. The molecule has 0 radical (unpaired) electrons. The summed E-state index contributed by atoms with van der Waals surface area (Å²) in [6, 6.07) is 12.2. The minimum absolute atomic E-state index is 0.0706. The summed E-state index contributed by atoms with van der Waals surface area (Å²) in [5.41, 5.74) is 1.35. The Bertz CT molecular complexity index is 938. The average molecular weight is 419 g/mol. The van der Waals surface area contributed by atoms with Gasteiger partial charge < -0.3 is 4.90 Å². The summed E-state index contributed by atoms with van der Waals surface area (Å²) in [5, 5.41) is 0.617. The van der Waals surface area contributed by atoms with Crippen molar-refractivity contribution in [2.24, 2.45) is 0 Å². The lowest BCUT2D eigenvalue weighted by molar-refractivity contribution is -0.894. The Labute approximate surface area is 173 Å². The Hall–Kier alpha value is -1.96. The Kier molecular flexibility index (Phi) is 7.04. The largest absolute Gasteiger partial charge is 0.334 e. The van der Waals surface area contributed by atoms with Crippen molar-refractivity contribution < 1.29 is 14.1 Å². The van der Waals surface area contributed by atoms with Gasteiger partial charge in [-0.1, -0.05) is 11.3 Å². The van der Waals surface area contributed by atoms with Gasteiger partial charge in [-0.15, -0.1) is 11.8 Å². The summed E-state index contributed by atoms with van der Waals surface area (Å²) in [6.07, 6.45) is 2.01. The second-order valence-electron chi connectivity index (χ2n) is 6.50. The Morgan fingerprint density at radius 2 is 1.89 bits per heavy atom. The zero-order chi connectivity index (χ0) is 20.1. The predicted octanol–water partition coefficient (Wildman–Crippen LogP) is 3.73. The fraction of sp³-hybridized carbons (Fsp3) is 0.333. The summed E-state index contributed by atoms with van der Waals surface area (Å²) >= 11 is 3.00. The van der Waals surface area contributed by atoms with Gasteiger partial charge in [0.15, 0.2) is 5.13 Å². The molecule has 3 rings (SSSR count). The van der Waals surface area contributed by atoms with Crippen LogP contribution in [0.1, 0.15) is 24.2 Å². The molecule has 4 nitrogen and oxygen atoms in total. The molecule has 28 heavy (non-hydrogen) atoms. The van der Waals surface area contributed by atoms with Crippen LogP contribution in [-0.2, 0) is 0 Å². The van der Waals surface area contributed by atoms with Crippen molar-refractivity contribution in [1.29, 1.82) is 0 Å². The number of benzene rings is 2. The number of thiazole rings is 1. The summed E-state index contributed by atoms with van der Waals surface area (Å²) in [7, 11) is 0. The van der Waals surface area contributed by atoms with Crippen molar-refractivity contribution in [2.75, 3.05) is 37.3 Å². The molecule has 0 spiro atoms. The van der Waals surface area contributed by atoms with E-state index in [0.29, 0.717) is 22.8 Å². The number of rotatable bonds is 8. The number of halogens is 1. The molecular formula is C21H25FN3OS2+. The maximum Gasteiger partial charge on any atom is 0.260 e. The quantitative estimate of drug-likeness (QED) is 0.567. The van der Waals surface area contributed by atoms with E-state index in [1.165, 1.54) is 28.4 Å². The Morgan fingerprint density at radius 1 is 1.18 bits per heavy atom. The van der Waals surface area contributed by atoms with Crippen LogP contribution >= 0.6 is 23.1 Å². The summed E-state index contributed by atoms with van der Waals surface area (Å²) in [4.78, 5) is 22.2. The van der Waals surface area contributed by atoms with Crippen LogP contribution in [0.3, 0.4) is 0 Å². The van der Waals surface area contributed by atoms with Crippen LogP contribution in [0, 0.1) is 5.82 Å². The number of hydrogen-bond acceptors (Lipinski definition) is 4. The number of thioether (sulfide) groups is 1. The van der Waals surface area contributed by atoms with E-state index in [9.17, 15) is 9.18 Å². The second-order valence-corrected chi connectivity index (χ2v) is 8.39. The number of quaternary nitrogens is 1. The molecule has 1 N–H and O–H groups in total. The first-order chi connectivity index (χ1) is 13.5. The number of amides is 1. The first-order valence-electron chi connectivity index (χ1n) is 9.41. The van der Waals surface area contributed by atoms with Gasteiger partial charge >= 0.3 is 0 Å². The number of carbonyl (C=O) groups excluding carboxylic acids is 1. The predicted molar refractivity (Wildman–Crippen MR) is 116 cm³/mol. The lowest BCUT2D eigenvalue weighted by atomic mass is 10.2. The number of anilines is 1. The van der Waals surface area contributed by atoms with Gasteiger partial charge in [-0.3, -0.25) is 9.69 Å². The third-order valence-corrected chi connectivity index (χ3v) is 6.63. The number of nitrogens with zero attached hydrogens (tertiary/aromatic N) is 2. The smallest absolute Gasteiger partial charge is 0.260 e. The fourth-order valence-corrected chi connectivity index (χ4v) is 4.47. The fourth-order valence-electron chi connectivity index (χ4n) is 3.05. The summed E-state index contributed by atoms with van der Waals surface area (Å²) < 4.78 is 14.3. The van der Waals surface area contributed by atoms with E-state index in [1.807, 2.05) is 30.5 Å². The van der Waals surface area contributed by atoms with Crippen LogP contribution in [0.2, 0.25) is 0 Å². The number of likely N-dealkylation sites (N-methyl/N-ethyl adjacent to an activating group) is 1. The molecule has 148 valence electrons. The molecule has 2 aromatic carbocycles. The van der Waals surface area contributed by atoms with E-state index in [2.05, 4.69) is 18.8 Å². The van der Waals surface area contributed by atoms with E-state index in [4.69, 9.17) is 0 Å². The maximum absolute atomic E-state index is 13.6. The lowest BCUT2D eigenvalue weighted by Gasteiger charge is -2.23. The van der Waals surface area contributed by atoms with Gasteiger partial charge in [0.2, 0.25) is 0 Å². The van der Waals surface area contributed by atoms with Crippen LogP contribution in [0.15, 0.2) is 47.4 Å². The zero-order valence-electron chi connectivity index (χ0n) is 16.4. The summed E-state index contributed by atoms with van der Waals surface area (Å²) in [6.45, 7) is 7.71. The average Bonchev–Trinajstić information content (AvgIpc) is 3.13. The Morgan fingerprint density at radius 3 is 2.54 bits per heavy atom. The topological polar surface area (TPSA) is 37.6 Å². The van der Waals surface area contributed by atoms with Crippen molar-refractivity contribution in [1.82, 2.24) is 4.98 Å². The highest BCUT2D eigenvalue weighted by molar-refractivity contribution is 7.98. The lowest BCUT2D eigenvalue weighted by Crippen LogP contribution is -3.12. The molecule has 0 fully saturated rings. The second kappa shape index (κ2) is 9.49. The molecule has 0 bridgehead atoms. The number of carbonyl (C=O) groups is 1. The number of nitrogens with one attached hydrogen (secondary N) is 1. The van der Waals surface area contributed by atoms with Crippen LogP contribution in [0.5, 0.6) is 0 Å². The van der Waals surface area contributed by atoms with Gasteiger partial charge in [0.05, 0.1) is 36.4 Å². The normalized spacial score (nSPS) is 11.3. The highest BCUT2D eigenvalue weighted by Crippen LogP contribution is 2.30. The van der Waals surface area contributed by atoms with E-state index in [1.54, 1.807) is 22.7 Å². The maximum atomic E-state index is 13.6. The van der Waals surface area contributed by atoms with Gasteiger partial charge in [0, 0.05) is 10.5 Å².